The smallest absolute Gasteiger partial charge is 0.257 e. The van der Waals surface area contributed by atoms with Gasteiger partial charge in [-0.05, 0) is 35.0 Å². The Balaban J connectivity index is 1.97. The molecule has 3 rings (SSSR count). The van der Waals surface area contributed by atoms with Gasteiger partial charge in [-0.1, -0.05) is 36.4 Å². The van der Waals surface area contributed by atoms with Crippen molar-refractivity contribution in [3.8, 4) is 5.75 Å². The van der Waals surface area contributed by atoms with E-state index in [0.29, 0.717) is 22.7 Å². The van der Waals surface area contributed by atoms with Crippen molar-refractivity contribution < 1.29 is 9.53 Å². The number of carbonyl (C=O) groups is 1. The normalized spacial score (nSPS) is 10.4. The first kappa shape index (κ1) is 13.9. The van der Waals surface area contributed by atoms with E-state index in [0.717, 1.165) is 10.8 Å². The van der Waals surface area contributed by atoms with Crippen LogP contribution in [0.5, 0.6) is 5.75 Å². The van der Waals surface area contributed by atoms with Gasteiger partial charge in [-0.15, -0.1) is 0 Å². The highest BCUT2D eigenvalue weighted by Crippen LogP contribution is 2.26. The third kappa shape index (κ3) is 2.59. The summed E-state index contributed by atoms with van der Waals surface area (Å²) < 4.78 is 5.24. The van der Waals surface area contributed by atoms with Crippen LogP contribution in [0.15, 0.2) is 60.7 Å². The van der Waals surface area contributed by atoms with Crippen molar-refractivity contribution in [3.05, 3.63) is 66.2 Å². The largest absolute Gasteiger partial charge is 0.495 e. The number of benzene rings is 3. The van der Waals surface area contributed by atoms with E-state index in [9.17, 15) is 4.79 Å². The van der Waals surface area contributed by atoms with Gasteiger partial charge in [0, 0.05) is 5.69 Å². The Morgan fingerprint density at radius 2 is 1.64 bits per heavy atom. The number of rotatable bonds is 3. The highest BCUT2D eigenvalue weighted by molar-refractivity contribution is 6.10. The summed E-state index contributed by atoms with van der Waals surface area (Å²) in [4.78, 5) is 12.5. The highest BCUT2D eigenvalue weighted by Gasteiger charge is 2.13. The predicted octanol–water partition coefficient (Wildman–Crippen LogP) is 3.68. The van der Waals surface area contributed by atoms with Gasteiger partial charge in [0.1, 0.15) is 5.75 Å². The van der Waals surface area contributed by atoms with Crippen LogP contribution in [-0.2, 0) is 0 Å². The molecule has 0 bridgehead atoms. The molecule has 0 radical (unpaired) electrons. The third-order valence-corrected chi connectivity index (χ3v) is 3.52. The molecule has 3 N–H and O–H groups in total. The number of anilines is 2. The molecule has 3 aromatic rings. The summed E-state index contributed by atoms with van der Waals surface area (Å²) in [5, 5.41) is 4.82. The Morgan fingerprint density at radius 1 is 1.00 bits per heavy atom. The van der Waals surface area contributed by atoms with Gasteiger partial charge in [-0.2, -0.15) is 0 Å². The van der Waals surface area contributed by atoms with Gasteiger partial charge in [0.2, 0.25) is 0 Å². The lowest BCUT2D eigenvalue weighted by Gasteiger charge is -2.12. The summed E-state index contributed by atoms with van der Waals surface area (Å²) in [6.07, 6.45) is 0. The summed E-state index contributed by atoms with van der Waals surface area (Å²) in [7, 11) is 1.56. The Hall–Kier alpha value is -3.01. The van der Waals surface area contributed by atoms with E-state index < -0.39 is 0 Å². The Bertz CT molecular complexity index is 843. The fourth-order valence-electron chi connectivity index (χ4n) is 2.39. The van der Waals surface area contributed by atoms with E-state index in [-0.39, 0.29) is 5.91 Å². The van der Waals surface area contributed by atoms with Crippen LogP contribution in [-0.4, -0.2) is 13.0 Å². The molecule has 0 saturated heterocycles. The quantitative estimate of drug-likeness (QED) is 0.724. The van der Waals surface area contributed by atoms with Crippen LogP contribution in [0.3, 0.4) is 0 Å². The molecule has 1 amide bonds. The number of carbonyl (C=O) groups excluding carboxylic acids is 1. The number of methoxy groups -OCH3 is 1. The van der Waals surface area contributed by atoms with Crippen molar-refractivity contribution in [2.45, 2.75) is 0 Å². The predicted molar refractivity (Wildman–Crippen MR) is 89.3 cm³/mol. The summed E-state index contributed by atoms with van der Waals surface area (Å²) >= 11 is 0. The van der Waals surface area contributed by atoms with Gasteiger partial charge in [0.05, 0.1) is 18.4 Å². The van der Waals surface area contributed by atoms with E-state index >= 15 is 0 Å². The fraction of sp³-hybridized carbons (Fsp3) is 0.0556. The second kappa shape index (κ2) is 5.77. The topological polar surface area (TPSA) is 64.3 Å². The molecule has 4 nitrogen and oxygen atoms in total. The van der Waals surface area contributed by atoms with Crippen LogP contribution in [0.2, 0.25) is 0 Å². The molecule has 0 heterocycles. The maximum Gasteiger partial charge on any atom is 0.257 e. The molecule has 0 aliphatic carbocycles. The second-order valence-corrected chi connectivity index (χ2v) is 4.94. The number of nitrogens with one attached hydrogen (secondary N) is 1. The Morgan fingerprint density at radius 3 is 2.36 bits per heavy atom. The molecule has 0 aliphatic heterocycles. The molecule has 22 heavy (non-hydrogen) atoms. The van der Waals surface area contributed by atoms with Crippen LogP contribution in [0.4, 0.5) is 11.4 Å². The molecule has 0 aromatic heterocycles. The molecule has 4 heteroatoms. The van der Waals surface area contributed by atoms with E-state index in [1.165, 1.54) is 0 Å². The summed E-state index contributed by atoms with van der Waals surface area (Å²) in [5.74, 6) is 0.350. The molecule has 110 valence electrons. The molecular formula is C18H16N2O2. The maximum atomic E-state index is 12.5. The zero-order valence-corrected chi connectivity index (χ0v) is 12.2. The van der Waals surface area contributed by atoms with Crippen molar-refractivity contribution in [1.29, 1.82) is 0 Å². The Kier molecular flexibility index (Phi) is 3.66. The van der Waals surface area contributed by atoms with Crippen LogP contribution >= 0.6 is 0 Å². The number of ether oxygens (including phenoxy) is 1. The first-order valence-electron chi connectivity index (χ1n) is 6.91. The van der Waals surface area contributed by atoms with Crippen molar-refractivity contribution in [2.75, 3.05) is 18.2 Å². The minimum atomic E-state index is -0.257. The minimum Gasteiger partial charge on any atom is -0.495 e. The number of fused-ring (bicyclic) bond motifs is 1. The summed E-state index contributed by atoms with van der Waals surface area (Å²) in [6, 6.07) is 18.7. The number of amides is 1. The lowest BCUT2D eigenvalue weighted by Crippen LogP contribution is -2.14. The lowest BCUT2D eigenvalue weighted by molar-refractivity contribution is 0.102. The average Bonchev–Trinajstić information content (AvgIpc) is 2.54. The van der Waals surface area contributed by atoms with Crippen molar-refractivity contribution >= 4 is 28.1 Å². The number of hydrogen-bond acceptors (Lipinski definition) is 3. The van der Waals surface area contributed by atoms with E-state index in [1.54, 1.807) is 25.3 Å². The second-order valence-electron chi connectivity index (χ2n) is 4.94. The molecule has 0 fully saturated rings. The monoisotopic (exact) mass is 292 g/mol. The SMILES string of the molecule is COc1ccccc1NC(=O)c1cc2ccccc2cc1N. The van der Waals surface area contributed by atoms with Crippen LogP contribution in [0.25, 0.3) is 10.8 Å². The van der Waals surface area contributed by atoms with Crippen molar-refractivity contribution in [2.24, 2.45) is 0 Å². The molecule has 0 atom stereocenters. The van der Waals surface area contributed by atoms with E-state index in [4.69, 9.17) is 10.5 Å². The van der Waals surface area contributed by atoms with Gasteiger partial charge in [-0.25, -0.2) is 0 Å². The molecular weight excluding hydrogens is 276 g/mol. The van der Waals surface area contributed by atoms with Gasteiger partial charge < -0.3 is 15.8 Å². The van der Waals surface area contributed by atoms with E-state index in [1.807, 2.05) is 42.5 Å². The van der Waals surface area contributed by atoms with Gasteiger partial charge >= 0.3 is 0 Å². The van der Waals surface area contributed by atoms with Gasteiger partial charge in [0.15, 0.2) is 0 Å². The van der Waals surface area contributed by atoms with Crippen molar-refractivity contribution in [3.63, 3.8) is 0 Å². The molecule has 0 spiro atoms. The highest BCUT2D eigenvalue weighted by atomic mass is 16.5. The molecule has 0 saturated carbocycles. The molecule has 0 aliphatic rings. The molecule has 3 aromatic carbocycles. The average molecular weight is 292 g/mol. The van der Waals surface area contributed by atoms with Crippen LogP contribution < -0.4 is 15.8 Å². The summed E-state index contributed by atoms with van der Waals surface area (Å²) in [6.45, 7) is 0. The first-order valence-corrected chi connectivity index (χ1v) is 6.91. The Labute approximate surface area is 128 Å². The van der Waals surface area contributed by atoms with E-state index in [2.05, 4.69) is 5.32 Å². The zero-order valence-electron chi connectivity index (χ0n) is 12.2. The number of nitrogens with two attached hydrogens (primary N) is 1. The van der Waals surface area contributed by atoms with Crippen LogP contribution in [0.1, 0.15) is 10.4 Å². The fourth-order valence-corrected chi connectivity index (χ4v) is 2.39. The van der Waals surface area contributed by atoms with Gasteiger partial charge in [-0.3, -0.25) is 4.79 Å². The van der Waals surface area contributed by atoms with Crippen molar-refractivity contribution in [1.82, 2.24) is 0 Å². The third-order valence-electron chi connectivity index (χ3n) is 3.52. The number of para-hydroxylation sites is 2. The minimum absolute atomic E-state index is 0.257. The number of nitrogen functional groups attached to an aromatic ring is 1. The summed E-state index contributed by atoms with van der Waals surface area (Å²) in [5.41, 5.74) is 7.53. The first-order chi connectivity index (χ1) is 10.7. The number of hydrogen-bond donors (Lipinski definition) is 2. The lowest BCUT2D eigenvalue weighted by atomic mass is 10.0. The zero-order chi connectivity index (χ0) is 15.5. The van der Waals surface area contributed by atoms with Gasteiger partial charge in [0.25, 0.3) is 5.91 Å². The maximum absolute atomic E-state index is 12.5. The molecule has 0 unspecified atom stereocenters. The van der Waals surface area contributed by atoms with Crippen LogP contribution in [0, 0.1) is 0 Å². The standard InChI is InChI=1S/C18H16N2O2/c1-22-17-9-5-4-8-16(17)20-18(21)14-10-12-6-2-3-7-13(12)11-15(14)19/h2-11H,19H2,1H3,(H,20,21).